The lowest BCUT2D eigenvalue weighted by Crippen LogP contribution is -2.24. The SMILES string of the molecule is COC(=O)c1cc(C(=O)NCc2ccc(F)cc2)ncn1. The molecule has 1 N–H and O–H groups in total. The molecule has 108 valence electrons. The van der Waals surface area contributed by atoms with Crippen LogP contribution in [-0.2, 0) is 11.3 Å². The Morgan fingerprint density at radius 2 is 1.86 bits per heavy atom. The molecule has 0 unspecified atom stereocenters. The first kappa shape index (κ1) is 14.6. The van der Waals surface area contributed by atoms with E-state index in [4.69, 9.17) is 0 Å². The standard InChI is InChI=1S/C14H12FN3O3/c1-21-14(20)12-6-11(17-8-18-12)13(19)16-7-9-2-4-10(15)5-3-9/h2-6,8H,7H2,1H3,(H,16,19). The molecular weight excluding hydrogens is 277 g/mol. The summed E-state index contributed by atoms with van der Waals surface area (Å²) in [7, 11) is 1.22. The van der Waals surface area contributed by atoms with Gasteiger partial charge in [-0.2, -0.15) is 0 Å². The van der Waals surface area contributed by atoms with Gasteiger partial charge in [0.2, 0.25) is 0 Å². The number of halogens is 1. The van der Waals surface area contributed by atoms with Crippen LogP contribution in [-0.4, -0.2) is 29.0 Å². The van der Waals surface area contributed by atoms with Crippen LogP contribution in [0.1, 0.15) is 26.5 Å². The van der Waals surface area contributed by atoms with Gasteiger partial charge in [-0.3, -0.25) is 4.79 Å². The fourth-order valence-corrected chi connectivity index (χ4v) is 1.57. The predicted octanol–water partition coefficient (Wildman–Crippen LogP) is 1.33. The maximum Gasteiger partial charge on any atom is 0.356 e. The van der Waals surface area contributed by atoms with Gasteiger partial charge < -0.3 is 10.1 Å². The largest absolute Gasteiger partial charge is 0.464 e. The summed E-state index contributed by atoms with van der Waals surface area (Å²) < 4.78 is 17.3. The summed E-state index contributed by atoms with van der Waals surface area (Å²) in [6, 6.07) is 6.99. The fraction of sp³-hybridized carbons (Fsp3) is 0.143. The first-order chi connectivity index (χ1) is 10.1. The summed E-state index contributed by atoms with van der Waals surface area (Å²) in [6.45, 7) is 0.219. The summed E-state index contributed by atoms with van der Waals surface area (Å²) in [4.78, 5) is 30.7. The molecule has 0 atom stereocenters. The first-order valence-electron chi connectivity index (χ1n) is 6.03. The molecule has 6 nitrogen and oxygen atoms in total. The van der Waals surface area contributed by atoms with Crippen molar-refractivity contribution in [1.82, 2.24) is 15.3 Å². The molecule has 0 saturated heterocycles. The number of aromatic nitrogens is 2. The van der Waals surface area contributed by atoms with E-state index in [-0.39, 0.29) is 23.7 Å². The average molecular weight is 289 g/mol. The molecule has 0 aliphatic carbocycles. The van der Waals surface area contributed by atoms with E-state index in [9.17, 15) is 14.0 Å². The Balaban J connectivity index is 2.03. The lowest BCUT2D eigenvalue weighted by Gasteiger charge is -2.05. The van der Waals surface area contributed by atoms with Crippen molar-refractivity contribution in [3.05, 3.63) is 59.4 Å². The third-order valence-corrected chi connectivity index (χ3v) is 2.66. The Labute approximate surface area is 120 Å². The van der Waals surface area contributed by atoms with Gasteiger partial charge in [0.1, 0.15) is 17.8 Å². The maximum absolute atomic E-state index is 12.8. The van der Waals surface area contributed by atoms with E-state index in [1.165, 1.54) is 25.3 Å². The van der Waals surface area contributed by atoms with Gasteiger partial charge in [0, 0.05) is 12.6 Å². The number of rotatable bonds is 4. The number of ether oxygens (including phenoxy) is 1. The van der Waals surface area contributed by atoms with Gasteiger partial charge in [-0.05, 0) is 17.7 Å². The molecule has 2 aromatic rings. The molecule has 7 heteroatoms. The average Bonchev–Trinajstić information content (AvgIpc) is 2.53. The smallest absolute Gasteiger partial charge is 0.356 e. The monoisotopic (exact) mass is 289 g/mol. The number of carbonyl (C=O) groups is 2. The lowest BCUT2D eigenvalue weighted by atomic mass is 10.2. The van der Waals surface area contributed by atoms with Crippen LogP contribution in [0, 0.1) is 5.82 Å². The minimum atomic E-state index is -0.648. The van der Waals surface area contributed by atoms with Gasteiger partial charge in [0.05, 0.1) is 7.11 Å². The Bertz CT molecular complexity index is 659. The number of amides is 1. The van der Waals surface area contributed by atoms with Gasteiger partial charge in [-0.25, -0.2) is 19.2 Å². The molecule has 1 aromatic carbocycles. The molecule has 0 aliphatic heterocycles. The van der Waals surface area contributed by atoms with E-state index in [1.807, 2.05) is 0 Å². The van der Waals surface area contributed by atoms with Gasteiger partial charge >= 0.3 is 5.97 Å². The zero-order chi connectivity index (χ0) is 15.2. The van der Waals surface area contributed by atoms with E-state index in [0.29, 0.717) is 0 Å². The van der Waals surface area contributed by atoms with Crippen molar-refractivity contribution in [3.8, 4) is 0 Å². The van der Waals surface area contributed by atoms with Crippen molar-refractivity contribution in [2.75, 3.05) is 7.11 Å². The highest BCUT2D eigenvalue weighted by Crippen LogP contribution is 2.04. The molecular formula is C14H12FN3O3. The Morgan fingerprint density at radius 3 is 2.52 bits per heavy atom. The minimum absolute atomic E-state index is 0.000526. The molecule has 21 heavy (non-hydrogen) atoms. The Kier molecular flexibility index (Phi) is 4.55. The maximum atomic E-state index is 12.8. The van der Waals surface area contributed by atoms with Crippen LogP contribution in [0.25, 0.3) is 0 Å². The highest BCUT2D eigenvalue weighted by Gasteiger charge is 2.13. The normalized spacial score (nSPS) is 10.0. The van der Waals surface area contributed by atoms with Crippen LogP contribution in [0.3, 0.4) is 0 Å². The van der Waals surface area contributed by atoms with E-state index in [0.717, 1.165) is 11.9 Å². The Morgan fingerprint density at radius 1 is 1.19 bits per heavy atom. The van der Waals surface area contributed by atoms with Crippen molar-refractivity contribution in [1.29, 1.82) is 0 Å². The van der Waals surface area contributed by atoms with Gasteiger partial charge in [0.25, 0.3) is 5.91 Å². The number of methoxy groups -OCH3 is 1. The molecule has 1 heterocycles. The number of hydrogen-bond donors (Lipinski definition) is 1. The summed E-state index contributed by atoms with van der Waals surface area (Å²) in [5, 5.41) is 2.62. The molecule has 0 spiro atoms. The van der Waals surface area contributed by atoms with E-state index >= 15 is 0 Å². The highest BCUT2D eigenvalue weighted by molar-refractivity contribution is 5.95. The van der Waals surface area contributed by atoms with Crippen LogP contribution in [0.4, 0.5) is 4.39 Å². The highest BCUT2D eigenvalue weighted by atomic mass is 19.1. The van der Waals surface area contributed by atoms with E-state index < -0.39 is 11.9 Å². The van der Waals surface area contributed by atoms with Crippen molar-refractivity contribution in [3.63, 3.8) is 0 Å². The second-order valence-corrected chi connectivity index (χ2v) is 4.09. The van der Waals surface area contributed by atoms with Crippen LogP contribution in [0.2, 0.25) is 0 Å². The van der Waals surface area contributed by atoms with E-state index in [2.05, 4.69) is 20.0 Å². The second kappa shape index (κ2) is 6.56. The van der Waals surface area contributed by atoms with Crippen LogP contribution >= 0.6 is 0 Å². The third-order valence-electron chi connectivity index (χ3n) is 2.66. The molecule has 0 fully saturated rings. The topological polar surface area (TPSA) is 81.2 Å². The van der Waals surface area contributed by atoms with Gasteiger partial charge in [-0.15, -0.1) is 0 Å². The fourth-order valence-electron chi connectivity index (χ4n) is 1.57. The van der Waals surface area contributed by atoms with Crippen LogP contribution < -0.4 is 5.32 Å². The number of hydrogen-bond acceptors (Lipinski definition) is 5. The molecule has 2 rings (SSSR count). The number of carbonyl (C=O) groups excluding carboxylic acids is 2. The predicted molar refractivity (Wildman–Crippen MR) is 70.9 cm³/mol. The molecule has 1 aromatic heterocycles. The number of benzene rings is 1. The van der Waals surface area contributed by atoms with Crippen LogP contribution in [0.5, 0.6) is 0 Å². The van der Waals surface area contributed by atoms with Gasteiger partial charge in [-0.1, -0.05) is 12.1 Å². The first-order valence-corrected chi connectivity index (χ1v) is 6.03. The quantitative estimate of drug-likeness (QED) is 0.859. The molecule has 0 aliphatic rings. The Hall–Kier alpha value is -2.83. The van der Waals surface area contributed by atoms with Crippen molar-refractivity contribution in [2.45, 2.75) is 6.54 Å². The summed E-state index contributed by atoms with van der Waals surface area (Å²) in [6.07, 6.45) is 1.11. The zero-order valence-corrected chi connectivity index (χ0v) is 11.2. The zero-order valence-electron chi connectivity index (χ0n) is 11.2. The summed E-state index contributed by atoms with van der Waals surface area (Å²) in [5.74, 6) is -1.46. The second-order valence-electron chi connectivity index (χ2n) is 4.09. The number of esters is 1. The number of nitrogens with one attached hydrogen (secondary N) is 1. The molecule has 0 radical (unpaired) electrons. The van der Waals surface area contributed by atoms with Crippen molar-refractivity contribution >= 4 is 11.9 Å². The van der Waals surface area contributed by atoms with Crippen molar-refractivity contribution < 1.29 is 18.7 Å². The van der Waals surface area contributed by atoms with Crippen molar-refractivity contribution in [2.24, 2.45) is 0 Å². The molecule has 0 saturated carbocycles. The van der Waals surface area contributed by atoms with E-state index in [1.54, 1.807) is 12.1 Å². The minimum Gasteiger partial charge on any atom is -0.464 e. The summed E-state index contributed by atoms with van der Waals surface area (Å²) >= 11 is 0. The summed E-state index contributed by atoms with van der Waals surface area (Å²) in [5.41, 5.74) is 0.791. The lowest BCUT2D eigenvalue weighted by molar-refractivity contribution is 0.0593. The molecule has 0 bridgehead atoms. The molecule has 1 amide bonds. The van der Waals surface area contributed by atoms with Crippen LogP contribution in [0.15, 0.2) is 36.7 Å². The third kappa shape index (κ3) is 3.82. The number of nitrogens with zero attached hydrogens (tertiary/aromatic N) is 2. The van der Waals surface area contributed by atoms with Gasteiger partial charge in [0.15, 0.2) is 5.69 Å².